The number of methoxy groups -OCH3 is 1. The molecule has 1 unspecified atom stereocenters. The first-order valence-electron chi connectivity index (χ1n) is 3.17. The van der Waals surface area contributed by atoms with Gasteiger partial charge in [0.1, 0.15) is 0 Å². The zero-order valence-corrected chi connectivity index (χ0v) is 6.01. The van der Waals surface area contributed by atoms with E-state index in [1.54, 1.807) is 7.11 Å². The minimum absolute atomic E-state index is 0.308. The molecule has 0 radical (unpaired) electrons. The maximum absolute atomic E-state index is 4.96. The molecule has 0 N–H and O–H groups in total. The normalized spacial score (nSPS) is 25.7. The monoisotopic (exact) mass is 132 g/mol. The molecule has 0 aromatic carbocycles. The molecule has 54 valence electrons. The first kappa shape index (κ1) is 6.99. The zero-order chi connectivity index (χ0) is 6.91. The van der Waals surface area contributed by atoms with E-state index in [0.29, 0.717) is 5.92 Å². The molecule has 1 rings (SSSR count). The molecule has 0 saturated carbocycles. The topological polar surface area (TPSA) is 34.3 Å². The standard InChI is InChI=1S/C6H12O3/c1-4-5(2)6(7-3)8-9-6/h5H,4H2,1-3H3. The summed E-state index contributed by atoms with van der Waals surface area (Å²) >= 11 is 0. The van der Waals surface area contributed by atoms with Crippen molar-refractivity contribution in [2.24, 2.45) is 5.92 Å². The predicted octanol–water partition coefficient (Wildman–Crippen LogP) is 1.29. The van der Waals surface area contributed by atoms with E-state index in [4.69, 9.17) is 4.74 Å². The molecule has 3 heteroatoms. The molecule has 1 aliphatic rings. The fraction of sp³-hybridized carbons (Fsp3) is 1.00. The lowest BCUT2D eigenvalue weighted by Crippen LogP contribution is -2.22. The molecule has 0 spiro atoms. The highest BCUT2D eigenvalue weighted by Gasteiger charge is 2.54. The second-order valence-corrected chi connectivity index (χ2v) is 2.28. The fourth-order valence-corrected chi connectivity index (χ4v) is 0.725. The minimum atomic E-state index is -0.700. The van der Waals surface area contributed by atoms with Crippen LogP contribution in [0.5, 0.6) is 0 Å². The van der Waals surface area contributed by atoms with Crippen molar-refractivity contribution in [3.63, 3.8) is 0 Å². The smallest absolute Gasteiger partial charge is 0.327 e. The van der Waals surface area contributed by atoms with Gasteiger partial charge < -0.3 is 4.74 Å². The van der Waals surface area contributed by atoms with Gasteiger partial charge in [-0.25, -0.2) is 0 Å². The van der Waals surface area contributed by atoms with Crippen LogP contribution in [0.15, 0.2) is 0 Å². The Bertz CT molecular complexity index is 98.5. The van der Waals surface area contributed by atoms with Gasteiger partial charge in [-0.1, -0.05) is 13.8 Å². The summed E-state index contributed by atoms with van der Waals surface area (Å²) in [6, 6.07) is 0. The highest BCUT2D eigenvalue weighted by molar-refractivity contribution is 4.67. The average molecular weight is 132 g/mol. The minimum Gasteiger partial charge on any atom is -0.327 e. The zero-order valence-electron chi connectivity index (χ0n) is 6.01. The van der Waals surface area contributed by atoms with Crippen molar-refractivity contribution < 1.29 is 14.5 Å². The highest BCUT2D eigenvalue weighted by atomic mass is 17.4. The Balaban J connectivity index is 2.39. The molecular weight excluding hydrogens is 120 g/mol. The van der Waals surface area contributed by atoms with Crippen LogP contribution >= 0.6 is 0 Å². The molecule has 0 amide bonds. The summed E-state index contributed by atoms with van der Waals surface area (Å²) in [4.78, 5) is 9.35. The van der Waals surface area contributed by atoms with Crippen molar-refractivity contribution in [2.75, 3.05) is 7.11 Å². The van der Waals surface area contributed by atoms with E-state index >= 15 is 0 Å². The third-order valence-electron chi connectivity index (χ3n) is 1.75. The Morgan fingerprint density at radius 1 is 1.56 bits per heavy atom. The average Bonchev–Trinajstić information content (AvgIpc) is 2.66. The molecule has 1 aliphatic heterocycles. The molecular formula is C6H12O3. The van der Waals surface area contributed by atoms with Gasteiger partial charge in [0.15, 0.2) is 0 Å². The first-order valence-corrected chi connectivity index (χ1v) is 3.17. The summed E-state index contributed by atoms with van der Waals surface area (Å²) in [5.74, 6) is -0.392. The van der Waals surface area contributed by atoms with Crippen molar-refractivity contribution in [3.05, 3.63) is 0 Å². The van der Waals surface area contributed by atoms with E-state index in [9.17, 15) is 0 Å². The van der Waals surface area contributed by atoms with Crippen molar-refractivity contribution >= 4 is 0 Å². The van der Waals surface area contributed by atoms with Gasteiger partial charge in [-0.2, -0.15) is 9.78 Å². The summed E-state index contributed by atoms with van der Waals surface area (Å²) in [7, 11) is 1.58. The van der Waals surface area contributed by atoms with E-state index < -0.39 is 5.97 Å². The summed E-state index contributed by atoms with van der Waals surface area (Å²) in [5, 5.41) is 0. The summed E-state index contributed by atoms with van der Waals surface area (Å²) in [5.41, 5.74) is 0. The third-order valence-corrected chi connectivity index (χ3v) is 1.75. The fourth-order valence-electron chi connectivity index (χ4n) is 0.725. The van der Waals surface area contributed by atoms with Crippen LogP contribution in [0.25, 0.3) is 0 Å². The number of hydrogen-bond donors (Lipinski definition) is 0. The summed E-state index contributed by atoms with van der Waals surface area (Å²) in [6.07, 6.45) is 0.994. The third kappa shape index (κ3) is 1.08. The van der Waals surface area contributed by atoms with Crippen LogP contribution in [0, 0.1) is 5.92 Å². The van der Waals surface area contributed by atoms with Crippen LogP contribution < -0.4 is 0 Å². The summed E-state index contributed by atoms with van der Waals surface area (Å²) in [6.45, 7) is 4.09. The van der Waals surface area contributed by atoms with Gasteiger partial charge in [0.05, 0.1) is 0 Å². The number of ether oxygens (including phenoxy) is 1. The van der Waals surface area contributed by atoms with Crippen LogP contribution in [-0.2, 0) is 14.5 Å². The summed E-state index contributed by atoms with van der Waals surface area (Å²) < 4.78 is 4.96. The van der Waals surface area contributed by atoms with Gasteiger partial charge in [0, 0.05) is 13.0 Å². The predicted molar refractivity (Wildman–Crippen MR) is 31.4 cm³/mol. The molecule has 1 saturated heterocycles. The van der Waals surface area contributed by atoms with Crippen LogP contribution in [0.1, 0.15) is 20.3 Å². The lowest BCUT2D eigenvalue weighted by molar-refractivity contribution is -0.0634. The van der Waals surface area contributed by atoms with Crippen molar-refractivity contribution in [3.8, 4) is 0 Å². The van der Waals surface area contributed by atoms with E-state index in [-0.39, 0.29) is 0 Å². The SMILES string of the molecule is CCC(C)C1(OC)OO1. The Labute approximate surface area is 54.8 Å². The van der Waals surface area contributed by atoms with Crippen LogP contribution in [0.4, 0.5) is 0 Å². The Morgan fingerprint density at radius 2 is 2.11 bits per heavy atom. The van der Waals surface area contributed by atoms with E-state index in [0.717, 1.165) is 6.42 Å². The van der Waals surface area contributed by atoms with Gasteiger partial charge in [0.25, 0.3) is 0 Å². The molecule has 0 bridgehead atoms. The van der Waals surface area contributed by atoms with Gasteiger partial charge in [-0.15, -0.1) is 0 Å². The lowest BCUT2D eigenvalue weighted by atomic mass is 10.1. The largest absolute Gasteiger partial charge is 0.342 e. The Hall–Kier alpha value is -0.120. The molecule has 0 aromatic heterocycles. The molecule has 0 aliphatic carbocycles. The van der Waals surface area contributed by atoms with Crippen molar-refractivity contribution in [1.29, 1.82) is 0 Å². The molecule has 0 aromatic rings. The first-order chi connectivity index (χ1) is 4.25. The second kappa shape index (κ2) is 2.25. The number of hydrogen-bond acceptors (Lipinski definition) is 3. The Morgan fingerprint density at radius 3 is 2.22 bits per heavy atom. The lowest BCUT2D eigenvalue weighted by Gasteiger charge is -2.10. The molecule has 9 heavy (non-hydrogen) atoms. The maximum atomic E-state index is 4.96. The van der Waals surface area contributed by atoms with E-state index in [1.807, 2.05) is 6.92 Å². The van der Waals surface area contributed by atoms with Crippen LogP contribution in [0.3, 0.4) is 0 Å². The Kier molecular flexibility index (Phi) is 1.75. The van der Waals surface area contributed by atoms with Gasteiger partial charge in [-0.05, 0) is 6.42 Å². The molecule has 1 atom stereocenters. The van der Waals surface area contributed by atoms with Crippen LogP contribution in [-0.4, -0.2) is 13.1 Å². The quantitative estimate of drug-likeness (QED) is 0.428. The number of rotatable bonds is 3. The van der Waals surface area contributed by atoms with Gasteiger partial charge in [-0.3, -0.25) is 0 Å². The molecule has 1 fully saturated rings. The van der Waals surface area contributed by atoms with Crippen LogP contribution in [0.2, 0.25) is 0 Å². The maximum Gasteiger partial charge on any atom is 0.342 e. The molecule has 1 heterocycles. The van der Waals surface area contributed by atoms with E-state index in [1.165, 1.54) is 0 Å². The molecule has 3 nitrogen and oxygen atoms in total. The van der Waals surface area contributed by atoms with E-state index in [2.05, 4.69) is 16.7 Å². The van der Waals surface area contributed by atoms with Gasteiger partial charge in [0.2, 0.25) is 0 Å². The highest BCUT2D eigenvalue weighted by Crippen LogP contribution is 2.39. The second-order valence-electron chi connectivity index (χ2n) is 2.28. The van der Waals surface area contributed by atoms with Crippen molar-refractivity contribution in [1.82, 2.24) is 0 Å². The van der Waals surface area contributed by atoms with Gasteiger partial charge >= 0.3 is 5.97 Å². The van der Waals surface area contributed by atoms with Crippen molar-refractivity contribution in [2.45, 2.75) is 26.2 Å².